The fourth-order valence-corrected chi connectivity index (χ4v) is 3.90. The zero-order valence-corrected chi connectivity index (χ0v) is 17.2. The van der Waals surface area contributed by atoms with E-state index in [1.165, 1.54) is 4.70 Å². The Labute approximate surface area is 169 Å². The minimum absolute atomic E-state index is 0.0511. The van der Waals surface area contributed by atoms with Gasteiger partial charge in [0.1, 0.15) is 0 Å². The van der Waals surface area contributed by atoms with Crippen molar-refractivity contribution >= 4 is 27.5 Å². The highest BCUT2D eigenvalue weighted by molar-refractivity contribution is 7.18. The van der Waals surface area contributed by atoms with Gasteiger partial charge < -0.3 is 14.8 Å². The van der Waals surface area contributed by atoms with E-state index in [0.29, 0.717) is 32.6 Å². The molecule has 0 spiro atoms. The minimum Gasteiger partial charge on any atom is -0.490 e. The first-order valence-corrected chi connectivity index (χ1v) is 10.5. The number of nitrogens with zero attached hydrogens (tertiary/aromatic N) is 1. The predicted molar refractivity (Wildman–Crippen MR) is 113 cm³/mol. The van der Waals surface area contributed by atoms with Gasteiger partial charge in [0.15, 0.2) is 11.5 Å². The van der Waals surface area contributed by atoms with Gasteiger partial charge in [-0.15, -0.1) is 11.3 Å². The lowest BCUT2D eigenvalue weighted by atomic mass is 10.1. The van der Waals surface area contributed by atoms with Crippen LogP contribution in [0.4, 0.5) is 0 Å². The number of aromatic nitrogens is 1. The molecule has 6 heteroatoms. The number of carbonyl (C=O) groups is 1. The summed E-state index contributed by atoms with van der Waals surface area (Å²) in [6, 6.07) is 14.0. The molecule has 0 saturated carbocycles. The van der Waals surface area contributed by atoms with E-state index in [4.69, 9.17) is 9.47 Å². The molecular weight excluding hydrogens is 372 g/mol. The van der Waals surface area contributed by atoms with Crippen molar-refractivity contribution in [2.75, 3.05) is 19.8 Å². The quantitative estimate of drug-likeness (QED) is 0.550. The van der Waals surface area contributed by atoms with E-state index < -0.39 is 0 Å². The van der Waals surface area contributed by atoms with Gasteiger partial charge in [-0.25, -0.2) is 4.98 Å². The summed E-state index contributed by atoms with van der Waals surface area (Å²) in [6.07, 6.45) is 1.87. The third-order valence-electron chi connectivity index (χ3n) is 4.25. The largest absolute Gasteiger partial charge is 0.490 e. The Morgan fingerprint density at radius 2 is 1.82 bits per heavy atom. The number of ether oxygens (including phenoxy) is 2. The Bertz CT molecular complexity index is 890. The first kappa shape index (κ1) is 20.1. The number of carbonyl (C=O) groups excluding carboxylic acids is 1. The van der Waals surface area contributed by atoms with Crippen molar-refractivity contribution in [3.05, 3.63) is 53.0 Å². The van der Waals surface area contributed by atoms with Gasteiger partial charge in [0.25, 0.3) is 0 Å². The second-order valence-electron chi connectivity index (χ2n) is 6.32. The Balaban J connectivity index is 1.46. The van der Waals surface area contributed by atoms with E-state index >= 15 is 0 Å². The molecule has 1 heterocycles. The average molecular weight is 399 g/mol. The van der Waals surface area contributed by atoms with Gasteiger partial charge >= 0.3 is 0 Å². The molecule has 3 rings (SSSR count). The molecule has 0 unspecified atom stereocenters. The Kier molecular flexibility index (Phi) is 7.25. The fourth-order valence-electron chi connectivity index (χ4n) is 2.93. The van der Waals surface area contributed by atoms with Gasteiger partial charge in [-0.3, -0.25) is 4.79 Å². The van der Waals surface area contributed by atoms with Crippen molar-refractivity contribution in [2.24, 2.45) is 0 Å². The zero-order chi connectivity index (χ0) is 19.8. The van der Waals surface area contributed by atoms with Crippen molar-refractivity contribution < 1.29 is 14.3 Å². The number of benzene rings is 2. The molecule has 1 aromatic heterocycles. The number of nitrogens with one attached hydrogen (secondary N) is 1. The predicted octanol–water partition coefficient (Wildman–Crippen LogP) is 4.39. The molecule has 28 heavy (non-hydrogen) atoms. The summed E-state index contributed by atoms with van der Waals surface area (Å²) in [6.45, 7) is 5.69. The summed E-state index contributed by atoms with van der Waals surface area (Å²) in [5.74, 6) is 1.56. The second-order valence-corrected chi connectivity index (χ2v) is 7.44. The summed E-state index contributed by atoms with van der Waals surface area (Å²) in [5.41, 5.74) is 2.11. The van der Waals surface area contributed by atoms with Gasteiger partial charge in [-0.2, -0.15) is 0 Å². The topological polar surface area (TPSA) is 60.5 Å². The third kappa shape index (κ3) is 5.45. The molecule has 5 nitrogen and oxygen atoms in total. The summed E-state index contributed by atoms with van der Waals surface area (Å²) in [5, 5.41) is 4.00. The number of aryl methyl sites for hydroxylation is 1. The molecule has 0 radical (unpaired) electrons. The standard InChI is InChI=1S/C22H26N2O3S/c1-3-26-18-10-9-16(15-19(18)27-4-2)13-14-23-21(25)11-12-22-24-17-7-5-6-8-20(17)28-22/h5-10,15H,3-4,11-14H2,1-2H3,(H,23,25). The van der Waals surface area contributed by atoms with Crippen LogP contribution in [-0.2, 0) is 17.6 Å². The van der Waals surface area contributed by atoms with Crippen molar-refractivity contribution in [3.8, 4) is 11.5 Å². The van der Waals surface area contributed by atoms with Crippen LogP contribution in [0.3, 0.4) is 0 Å². The number of hydrogen-bond donors (Lipinski definition) is 1. The Morgan fingerprint density at radius 3 is 2.61 bits per heavy atom. The number of para-hydroxylation sites is 1. The fraction of sp³-hybridized carbons (Fsp3) is 0.364. The molecule has 0 aliphatic heterocycles. The molecule has 0 atom stereocenters. The van der Waals surface area contributed by atoms with Crippen molar-refractivity contribution in [3.63, 3.8) is 0 Å². The van der Waals surface area contributed by atoms with Gasteiger partial charge in [0, 0.05) is 19.4 Å². The molecule has 1 amide bonds. The number of hydrogen-bond acceptors (Lipinski definition) is 5. The lowest BCUT2D eigenvalue weighted by molar-refractivity contribution is -0.121. The van der Waals surface area contributed by atoms with Gasteiger partial charge in [0.2, 0.25) is 5.91 Å². The highest BCUT2D eigenvalue weighted by Crippen LogP contribution is 2.28. The van der Waals surface area contributed by atoms with E-state index in [-0.39, 0.29) is 5.91 Å². The van der Waals surface area contributed by atoms with Crippen molar-refractivity contribution in [1.29, 1.82) is 0 Å². The highest BCUT2D eigenvalue weighted by Gasteiger charge is 2.08. The van der Waals surface area contributed by atoms with Crippen LogP contribution < -0.4 is 14.8 Å². The lowest BCUT2D eigenvalue weighted by Gasteiger charge is -2.12. The number of rotatable bonds is 10. The maximum Gasteiger partial charge on any atom is 0.220 e. The summed E-state index contributed by atoms with van der Waals surface area (Å²) < 4.78 is 12.4. The maximum absolute atomic E-state index is 12.2. The summed E-state index contributed by atoms with van der Waals surface area (Å²) in [7, 11) is 0. The molecule has 0 aliphatic carbocycles. The third-order valence-corrected chi connectivity index (χ3v) is 5.34. The van der Waals surface area contributed by atoms with Gasteiger partial charge in [0.05, 0.1) is 28.4 Å². The first-order valence-electron chi connectivity index (χ1n) is 9.69. The maximum atomic E-state index is 12.2. The molecule has 1 N–H and O–H groups in total. The van der Waals surface area contributed by atoms with Crippen LogP contribution in [0.25, 0.3) is 10.2 Å². The molecule has 0 fully saturated rings. The van der Waals surface area contributed by atoms with Gasteiger partial charge in [-0.1, -0.05) is 18.2 Å². The molecule has 3 aromatic rings. The van der Waals surface area contributed by atoms with Crippen LogP contribution in [0, 0.1) is 0 Å². The van der Waals surface area contributed by atoms with Crippen LogP contribution in [0.1, 0.15) is 30.8 Å². The summed E-state index contributed by atoms with van der Waals surface area (Å²) in [4.78, 5) is 16.7. The van der Waals surface area contributed by atoms with Crippen LogP contribution >= 0.6 is 11.3 Å². The molecule has 2 aromatic carbocycles. The molecular formula is C22H26N2O3S. The van der Waals surface area contributed by atoms with E-state index in [2.05, 4.69) is 16.4 Å². The summed E-state index contributed by atoms with van der Waals surface area (Å²) >= 11 is 1.65. The van der Waals surface area contributed by atoms with Crippen molar-refractivity contribution in [1.82, 2.24) is 10.3 Å². The van der Waals surface area contributed by atoms with E-state index in [1.54, 1.807) is 11.3 Å². The van der Waals surface area contributed by atoms with E-state index in [1.807, 2.05) is 50.2 Å². The number of fused-ring (bicyclic) bond motifs is 1. The van der Waals surface area contributed by atoms with Crippen LogP contribution in [0.5, 0.6) is 11.5 Å². The lowest BCUT2D eigenvalue weighted by Crippen LogP contribution is -2.25. The van der Waals surface area contributed by atoms with Gasteiger partial charge in [-0.05, 0) is 50.1 Å². The molecule has 0 saturated heterocycles. The molecule has 148 valence electrons. The zero-order valence-electron chi connectivity index (χ0n) is 16.4. The average Bonchev–Trinajstić information content (AvgIpc) is 3.12. The molecule has 0 bridgehead atoms. The van der Waals surface area contributed by atoms with Crippen LogP contribution in [0.2, 0.25) is 0 Å². The Morgan fingerprint density at radius 1 is 1.04 bits per heavy atom. The smallest absolute Gasteiger partial charge is 0.220 e. The second kappa shape index (κ2) is 10.1. The highest BCUT2D eigenvalue weighted by atomic mass is 32.1. The molecule has 0 aliphatic rings. The number of amides is 1. The van der Waals surface area contributed by atoms with E-state index in [9.17, 15) is 4.79 Å². The monoisotopic (exact) mass is 398 g/mol. The normalized spacial score (nSPS) is 10.8. The minimum atomic E-state index is 0.0511. The van der Waals surface area contributed by atoms with E-state index in [0.717, 1.165) is 34.0 Å². The van der Waals surface area contributed by atoms with Crippen molar-refractivity contribution in [2.45, 2.75) is 33.1 Å². The Hall–Kier alpha value is -2.60. The van der Waals surface area contributed by atoms with Crippen LogP contribution in [-0.4, -0.2) is 30.6 Å². The first-order chi connectivity index (χ1) is 13.7. The SMILES string of the molecule is CCOc1ccc(CCNC(=O)CCc2nc3ccccc3s2)cc1OCC. The number of thiazole rings is 1. The van der Waals surface area contributed by atoms with Crippen LogP contribution in [0.15, 0.2) is 42.5 Å².